The number of rotatable bonds is 3. The van der Waals surface area contributed by atoms with Crippen molar-refractivity contribution in [2.24, 2.45) is 0 Å². The van der Waals surface area contributed by atoms with Crippen LogP contribution in [0.2, 0.25) is 0 Å². The Balaban J connectivity index is 1.97. The molecule has 2 amide bonds. The molecule has 0 aliphatic heterocycles. The zero-order valence-corrected chi connectivity index (χ0v) is 12.4. The molecule has 0 unspecified atom stereocenters. The number of nitrogens with one attached hydrogen (secondary N) is 2. The fourth-order valence-electron chi connectivity index (χ4n) is 1.95. The number of carbonyl (C=O) groups is 2. The molecular formula is C17H17FN2O2. The first-order valence-corrected chi connectivity index (χ1v) is 6.90. The monoisotopic (exact) mass is 300 g/mol. The molecule has 114 valence electrons. The summed E-state index contributed by atoms with van der Waals surface area (Å²) < 4.78 is 13.4. The van der Waals surface area contributed by atoms with Crippen LogP contribution < -0.4 is 10.6 Å². The Bertz CT molecular complexity index is 686. The molecule has 0 spiro atoms. The number of benzene rings is 2. The van der Waals surface area contributed by atoms with Gasteiger partial charge in [-0.05, 0) is 37.1 Å². The summed E-state index contributed by atoms with van der Waals surface area (Å²) in [5.41, 5.74) is 1.61. The summed E-state index contributed by atoms with van der Waals surface area (Å²) in [6.07, 6.45) is 0. The number of hydrogen-bond acceptors (Lipinski definition) is 2. The average Bonchev–Trinajstić information content (AvgIpc) is 2.51. The first-order valence-electron chi connectivity index (χ1n) is 6.90. The van der Waals surface area contributed by atoms with Gasteiger partial charge >= 0.3 is 11.8 Å². The standard InChI is InChI=1S/C17H17FN2O2/c1-11-8-9-14(10-15(11)18)20-17(22)16(21)19-12(2)13-6-4-3-5-7-13/h3-10,12H,1-2H3,(H,19,21)(H,20,22)/t12-/m0/s1. The molecule has 0 saturated carbocycles. The molecule has 2 rings (SSSR count). The summed E-state index contributed by atoms with van der Waals surface area (Å²) in [7, 11) is 0. The summed E-state index contributed by atoms with van der Waals surface area (Å²) in [6, 6.07) is 13.3. The normalized spacial score (nSPS) is 11.6. The van der Waals surface area contributed by atoms with Crippen LogP contribution in [0.5, 0.6) is 0 Å². The Hall–Kier alpha value is -2.69. The van der Waals surface area contributed by atoms with Gasteiger partial charge in [0, 0.05) is 5.69 Å². The van der Waals surface area contributed by atoms with Gasteiger partial charge in [0.25, 0.3) is 0 Å². The third-order valence-electron chi connectivity index (χ3n) is 3.28. The van der Waals surface area contributed by atoms with Crippen molar-refractivity contribution >= 4 is 17.5 Å². The molecule has 1 atom stereocenters. The number of carbonyl (C=O) groups excluding carboxylic acids is 2. The van der Waals surface area contributed by atoms with Crippen molar-refractivity contribution < 1.29 is 14.0 Å². The van der Waals surface area contributed by atoms with Crippen LogP contribution in [0.15, 0.2) is 48.5 Å². The van der Waals surface area contributed by atoms with Crippen LogP contribution in [-0.4, -0.2) is 11.8 Å². The summed E-state index contributed by atoms with van der Waals surface area (Å²) in [5, 5.41) is 4.97. The minimum atomic E-state index is -0.828. The molecule has 22 heavy (non-hydrogen) atoms. The summed E-state index contributed by atoms with van der Waals surface area (Å²) in [5.74, 6) is -2.03. The number of amides is 2. The van der Waals surface area contributed by atoms with E-state index in [1.165, 1.54) is 12.1 Å². The second-order valence-corrected chi connectivity index (χ2v) is 5.02. The van der Waals surface area contributed by atoms with Gasteiger partial charge in [-0.1, -0.05) is 36.4 Å². The van der Waals surface area contributed by atoms with Crippen molar-refractivity contribution in [1.82, 2.24) is 5.32 Å². The van der Waals surface area contributed by atoms with Crippen molar-refractivity contribution in [3.05, 3.63) is 65.5 Å². The highest BCUT2D eigenvalue weighted by Crippen LogP contribution is 2.14. The van der Waals surface area contributed by atoms with Crippen LogP contribution in [0.4, 0.5) is 10.1 Å². The molecule has 2 aromatic rings. The van der Waals surface area contributed by atoms with E-state index in [0.29, 0.717) is 5.56 Å². The van der Waals surface area contributed by atoms with Gasteiger partial charge in [0.1, 0.15) is 5.82 Å². The quantitative estimate of drug-likeness (QED) is 0.856. The van der Waals surface area contributed by atoms with E-state index < -0.39 is 17.6 Å². The van der Waals surface area contributed by atoms with E-state index in [2.05, 4.69) is 10.6 Å². The summed E-state index contributed by atoms with van der Waals surface area (Å²) in [6.45, 7) is 3.40. The molecule has 0 saturated heterocycles. The maximum atomic E-state index is 13.4. The van der Waals surface area contributed by atoms with Gasteiger partial charge < -0.3 is 10.6 Å². The molecule has 2 N–H and O–H groups in total. The van der Waals surface area contributed by atoms with Gasteiger partial charge in [-0.15, -0.1) is 0 Å². The van der Waals surface area contributed by atoms with E-state index in [4.69, 9.17) is 0 Å². The van der Waals surface area contributed by atoms with E-state index >= 15 is 0 Å². The highest BCUT2D eigenvalue weighted by Gasteiger charge is 2.17. The van der Waals surface area contributed by atoms with Gasteiger partial charge in [-0.25, -0.2) is 4.39 Å². The topological polar surface area (TPSA) is 58.2 Å². The molecule has 0 aromatic heterocycles. The molecule has 4 nitrogen and oxygen atoms in total. The van der Waals surface area contributed by atoms with E-state index in [9.17, 15) is 14.0 Å². The SMILES string of the molecule is Cc1ccc(NC(=O)C(=O)N[C@@H](C)c2ccccc2)cc1F. The lowest BCUT2D eigenvalue weighted by Crippen LogP contribution is -2.36. The number of hydrogen-bond donors (Lipinski definition) is 2. The Morgan fingerprint density at radius 3 is 2.36 bits per heavy atom. The van der Waals surface area contributed by atoms with Crippen molar-refractivity contribution in [3.63, 3.8) is 0 Å². The molecule has 0 bridgehead atoms. The highest BCUT2D eigenvalue weighted by molar-refractivity contribution is 6.39. The molecule has 0 aliphatic rings. The molecular weight excluding hydrogens is 283 g/mol. The summed E-state index contributed by atoms with van der Waals surface area (Å²) >= 11 is 0. The molecule has 0 aliphatic carbocycles. The van der Waals surface area contributed by atoms with Crippen molar-refractivity contribution in [2.75, 3.05) is 5.32 Å². The molecule has 0 radical (unpaired) electrons. The highest BCUT2D eigenvalue weighted by atomic mass is 19.1. The zero-order chi connectivity index (χ0) is 16.1. The predicted molar refractivity (Wildman–Crippen MR) is 82.8 cm³/mol. The lowest BCUT2D eigenvalue weighted by Gasteiger charge is -2.14. The second kappa shape index (κ2) is 6.85. The lowest BCUT2D eigenvalue weighted by molar-refractivity contribution is -0.136. The van der Waals surface area contributed by atoms with Crippen LogP contribution >= 0.6 is 0 Å². The van der Waals surface area contributed by atoms with Crippen molar-refractivity contribution in [1.29, 1.82) is 0 Å². The zero-order valence-electron chi connectivity index (χ0n) is 12.4. The van der Waals surface area contributed by atoms with Crippen LogP contribution in [-0.2, 0) is 9.59 Å². The first-order chi connectivity index (χ1) is 10.5. The van der Waals surface area contributed by atoms with E-state index in [0.717, 1.165) is 5.56 Å². The number of aryl methyl sites for hydroxylation is 1. The largest absolute Gasteiger partial charge is 0.341 e. The summed E-state index contributed by atoms with van der Waals surface area (Å²) in [4.78, 5) is 23.7. The van der Waals surface area contributed by atoms with Crippen LogP contribution in [0.3, 0.4) is 0 Å². The van der Waals surface area contributed by atoms with Crippen molar-refractivity contribution in [2.45, 2.75) is 19.9 Å². The third kappa shape index (κ3) is 3.91. The Morgan fingerprint density at radius 2 is 1.73 bits per heavy atom. The smallest absolute Gasteiger partial charge is 0.313 e. The van der Waals surface area contributed by atoms with Crippen molar-refractivity contribution in [3.8, 4) is 0 Å². The molecule has 2 aromatic carbocycles. The van der Waals surface area contributed by atoms with Gasteiger partial charge in [-0.2, -0.15) is 0 Å². The lowest BCUT2D eigenvalue weighted by atomic mass is 10.1. The Morgan fingerprint density at radius 1 is 1.05 bits per heavy atom. The van der Waals surface area contributed by atoms with E-state index in [-0.39, 0.29) is 11.7 Å². The Kier molecular flexibility index (Phi) is 4.88. The average molecular weight is 300 g/mol. The molecule has 0 fully saturated rings. The van der Waals surface area contributed by atoms with Crippen LogP contribution in [0, 0.1) is 12.7 Å². The third-order valence-corrected chi connectivity index (χ3v) is 3.28. The van der Waals surface area contributed by atoms with Gasteiger partial charge in [-0.3, -0.25) is 9.59 Å². The fraction of sp³-hybridized carbons (Fsp3) is 0.176. The maximum Gasteiger partial charge on any atom is 0.313 e. The first kappa shape index (κ1) is 15.7. The minimum Gasteiger partial charge on any atom is -0.341 e. The molecule has 0 heterocycles. The van der Waals surface area contributed by atoms with Crippen LogP contribution in [0.1, 0.15) is 24.1 Å². The van der Waals surface area contributed by atoms with Gasteiger partial charge in [0.15, 0.2) is 0 Å². The van der Waals surface area contributed by atoms with Gasteiger partial charge in [0.05, 0.1) is 6.04 Å². The Labute approximate surface area is 128 Å². The fourth-order valence-corrected chi connectivity index (χ4v) is 1.95. The van der Waals surface area contributed by atoms with Crippen LogP contribution in [0.25, 0.3) is 0 Å². The second-order valence-electron chi connectivity index (χ2n) is 5.02. The number of halogens is 1. The maximum absolute atomic E-state index is 13.4. The molecule has 5 heteroatoms. The predicted octanol–water partition coefficient (Wildman–Crippen LogP) is 2.95. The van der Waals surface area contributed by atoms with E-state index in [1.807, 2.05) is 30.3 Å². The number of anilines is 1. The minimum absolute atomic E-state index is 0.246. The van der Waals surface area contributed by atoms with E-state index in [1.54, 1.807) is 19.9 Å². The van der Waals surface area contributed by atoms with Gasteiger partial charge in [0.2, 0.25) is 0 Å².